The summed E-state index contributed by atoms with van der Waals surface area (Å²) in [6, 6.07) is 0. The van der Waals surface area contributed by atoms with Crippen LogP contribution >= 0.6 is 0 Å². The van der Waals surface area contributed by atoms with Gasteiger partial charge in [0, 0.05) is 19.4 Å². The summed E-state index contributed by atoms with van der Waals surface area (Å²) in [6.07, 6.45) is -21.5. The molecule has 23 nitrogen and oxygen atoms in total. The quantitative estimate of drug-likeness (QED) is 0.0720. The highest BCUT2D eigenvalue weighted by Crippen LogP contribution is 2.70. The van der Waals surface area contributed by atoms with Gasteiger partial charge in [0.15, 0.2) is 30.9 Å². The first-order valence-corrected chi connectivity index (χ1v) is 27.3. The van der Waals surface area contributed by atoms with Gasteiger partial charge in [0.1, 0.15) is 91.6 Å². The lowest BCUT2D eigenvalue weighted by Gasteiger charge is -2.58. The normalized spacial score (nSPS) is 54.3. The molecule has 13 N–H and O–H groups in total. The molecule has 3 saturated carbocycles. The van der Waals surface area contributed by atoms with Crippen LogP contribution in [-0.2, 0) is 47.4 Å². The van der Waals surface area contributed by atoms with Crippen molar-refractivity contribution in [3.05, 3.63) is 11.6 Å². The van der Waals surface area contributed by atoms with E-state index in [9.17, 15) is 66.4 Å². The van der Waals surface area contributed by atoms with Gasteiger partial charge in [-0.2, -0.15) is 0 Å². The summed E-state index contributed by atoms with van der Waals surface area (Å²) in [5, 5.41) is 137. The number of hydrogen-bond acceptors (Lipinski definition) is 23. The molecule has 0 spiro atoms. The number of hydrogen-bond donors (Lipinski definition) is 13. The Hall–Kier alpha value is -1.18. The second-order valence-electron chi connectivity index (χ2n) is 24.0. The maximum Gasteiger partial charge on any atom is 0.187 e. The lowest BCUT2D eigenvalue weighted by atomic mass is 9.47. The van der Waals surface area contributed by atoms with E-state index >= 15 is 0 Å². The molecule has 0 amide bonds. The minimum Gasteiger partial charge on any atom is -0.394 e. The zero-order valence-corrected chi connectivity index (χ0v) is 43.8. The van der Waals surface area contributed by atoms with Crippen LogP contribution in [0.5, 0.6) is 0 Å². The summed E-state index contributed by atoms with van der Waals surface area (Å²) < 4.78 is 61.6. The van der Waals surface area contributed by atoms with Gasteiger partial charge in [0.2, 0.25) is 0 Å². The molecule has 5 heterocycles. The molecule has 8 fully saturated rings. The van der Waals surface area contributed by atoms with Gasteiger partial charge in [-0.3, -0.25) is 0 Å². The van der Waals surface area contributed by atoms with Crippen LogP contribution < -0.4 is 0 Å². The molecule has 9 aliphatic rings. The highest BCUT2D eigenvalue weighted by Gasteiger charge is 2.68. The second kappa shape index (κ2) is 23.0. The van der Waals surface area contributed by atoms with Crippen molar-refractivity contribution in [2.45, 2.75) is 233 Å². The Kier molecular flexibility index (Phi) is 17.9. The fourth-order valence-electron chi connectivity index (χ4n) is 15.3. The summed E-state index contributed by atoms with van der Waals surface area (Å²) >= 11 is 0. The van der Waals surface area contributed by atoms with Crippen molar-refractivity contribution in [1.82, 2.24) is 0 Å². The maximum atomic E-state index is 11.6. The average molecular weight is 1080 g/mol. The molecule has 5 aliphatic heterocycles. The average Bonchev–Trinajstić information content (AvgIpc) is 3.92. The lowest BCUT2D eigenvalue weighted by molar-refractivity contribution is -0.394. The third-order valence-corrected chi connectivity index (χ3v) is 19.8. The number of allylic oxidation sites excluding steroid dienone is 1. The lowest BCUT2D eigenvalue weighted by Crippen LogP contribution is -2.67. The molecule has 9 rings (SSSR count). The van der Waals surface area contributed by atoms with Gasteiger partial charge in [-0.1, -0.05) is 39.3 Å². The van der Waals surface area contributed by atoms with E-state index in [1.807, 2.05) is 6.92 Å². The van der Waals surface area contributed by atoms with Crippen molar-refractivity contribution in [2.24, 2.45) is 46.3 Å². The minimum absolute atomic E-state index is 0.00228. The van der Waals surface area contributed by atoms with Gasteiger partial charge in [0.05, 0.1) is 44.7 Å². The second-order valence-corrected chi connectivity index (χ2v) is 24.0. The molecule has 4 aliphatic carbocycles. The van der Waals surface area contributed by atoms with Crippen LogP contribution in [0.4, 0.5) is 0 Å². The number of methoxy groups -OCH3 is 1. The molecule has 0 aromatic carbocycles. The first-order chi connectivity index (χ1) is 35.6. The van der Waals surface area contributed by atoms with Crippen molar-refractivity contribution < 1.29 is 114 Å². The highest BCUT2D eigenvalue weighted by molar-refractivity contribution is 5.26. The van der Waals surface area contributed by atoms with E-state index in [2.05, 4.69) is 26.8 Å². The smallest absolute Gasteiger partial charge is 0.187 e. The van der Waals surface area contributed by atoms with Gasteiger partial charge < -0.3 is 114 Å². The third kappa shape index (κ3) is 10.5. The Labute approximate surface area is 437 Å². The van der Waals surface area contributed by atoms with Crippen LogP contribution in [0, 0.1) is 46.3 Å². The number of aliphatic hydroxyl groups is 13. The predicted molar refractivity (Wildman–Crippen MR) is 255 cm³/mol. The zero-order chi connectivity index (χ0) is 54.2. The Bertz CT molecular complexity index is 1930. The molecule has 0 radical (unpaired) electrons. The first-order valence-electron chi connectivity index (χ1n) is 27.3. The molecule has 23 heteroatoms. The van der Waals surface area contributed by atoms with Crippen molar-refractivity contribution in [3.8, 4) is 0 Å². The minimum atomic E-state index is -1.88. The molecule has 0 unspecified atom stereocenters. The van der Waals surface area contributed by atoms with Gasteiger partial charge >= 0.3 is 0 Å². The van der Waals surface area contributed by atoms with E-state index < -0.39 is 155 Å². The van der Waals surface area contributed by atoms with Crippen LogP contribution in [0.2, 0.25) is 0 Å². The van der Waals surface area contributed by atoms with E-state index in [4.69, 9.17) is 47.4 Å². The fraction of sp³-hybridized carbons (Fsp3) is 0.962. The maximum absolute atomic E-state index is 11.6. The Balaban J connectivity index is 0.871. The zero-order valence-electron chi connectivity index (χ0n) is 43.8. The largest absolute Gasteiger partial charge is 0.394 e. The van der Waals surface area contributed by atoms with Gasteiger partial charge in [-0.25, -0.2) is 0 Å². The molecule has 75 heavy (non-hydrogen) atoms. The SMILES string of the molecule is CO[C@]1(CC[C@@H](C)CO[C@H]2O[C@@H](CO)[C@H](O)[C@@H](O)[C@@H]2O)O[C@H]2C[C@H]3[C@@H]4CC=C5C[C@@H](O[C@H]6O[C@H](CO)[C@@H](O)[C@H](O[C@@H]7O[C@H](CO)[C@@H](O)[C@H](O)[C@H]7O)[C@H]6O[C@@H]6O[C@@H](C)[C@H](O)[C@@H](O)[C@H]6O)CC[C@]5(C)[C@H]4CC[C@]3(C)[C@H]2[C@@H]1C. The monoisotopic (exact) mass is 1080 g/mol. The summed E-state index contributed by atoms with van der Waals surface area (Å²) in [5.74, 6) is 0.765. The predicted octanol–water partition coefficient (Wildman–Crippen LogP) is -2.35. The van der Waals surface area contributed by atoms with Gasteiger partial charge in [-0.05, 0) is 98.7 Å². The molecular weight excluding hydrogens is 993 g/mol. The Morgan fingerprint density at radius 3 is 1.85 bits per heavy atom. The van der Waals surface area contributed by atoms with E-state index in [1.165, 1.54) is 12.5 Å². The molecule has 5 saturated heterocycles. The van der Waals surface area contributed by atoms with Crippen LogP contribution in [0.25, 0.3) is 0 Å². The van der Waals surface area contributed by atoms with E-state index in [1.54, 1.807) is 7.11 Å². The van der Waals surface area contributed by atoms with Gasteiger partial charge in [0.25, 0.3) is 0 Å². The fourth-order valence-corrected chi connectivity index (χ4v) is 15.3. The molecule has 0 bridgehead atoms. The molecule has 0 aromatic rings. The number of ether oxygens (including phenoxy) is 10. The number of fused-ring (bicyclic) bond motifs is 7. The first kappa shape index (κ1) is 58.5. The summed E-state index contributed by atoms with van der Waals surface area (Å²) in [7, 11) is 1.71. The third-order valence-electron chi connectivity index (χ3n) is 19.8. The van der Waals surface area contributed by atoms with E-state index in [0.717, 1.165) is 32.1 Å². The van der Waals surface area contributed by atoms with Crippen molar-refractivity contribution in [1.29, 1.82) is 0 Å². The van der Waals surface area contributed by atoms with Crippen LogP contribution in [0.15, 0.2) is 11.6 Å². The van der Waals surface area contributed by atoms with Crippen LogP contribution in [-0.4, -0.2) is 241 Å². The number of aliphatic hydroxyl groups excluding tert-OH is 13. The Morgan fingerprint density at radius 1 is 0.640 bits per heavy atom. The van der Waals surface area contributed by atoms with Crippen molar-refractivity contribution in [3.63, 3.8) is 0 Å². The summed E-state index contributed by atoms with van der Waals surface area (Å²) in [6.45, 7) is 8.74. The highest BCUT2D eigenvalue weighted by atomic mass is 16.8. The summed E-state index contributed by atoms with van der Waals surface area (Å²) in [5.41, 5.74) is 1.11. The molecule has 432 valence electrons. The van der Waals surface area contributed by atoms with E-state index in [-0.39, 0.29) is 41.3 Å². The molecule has 31 atom stereocenters. The van der Waals surface area contributed by atoms with E-state index in [0.29, 0.717) is 43.4 Å². The molecular formula is C52H86O23. The standard InChI is InChI=1S/C52H86O23/c1-21(20-67-46-41(63)39(61)35(57)30(17-53)70-46)9-14-52(66-6)22(2)33-29(75-52)16-28-26-8-7-24-15-25(10-12-50(24,4)27(26)11-13-51(28,33)5)69-49-45(74-47-42(64)38(60)34(56)23(3)68-47)44(37(59)32(19-55)72-49)73-48-43(65)40(62)36(58)31(18-54)71-48/h7,21-23,25-49,53-65H,8-20H2,1-6H3/t21-,22+,23+,25+,26-,27+,28+,29+,30+,31-,32-,33+,34+,35+,36-,37-,38-,39-,40+,41+,42-,43-,44+,45-,46+,47+,48+,49+,50+,51+,52-/m1/s1. The van der Waals surface area contributed by atoms with Crippen molar-refractivity contribution in [2.75, 3.05) is 33.5 Å². The van der Waals surface area contributed by atoms with Gasteiger partial charge in [-0.15, -0.1) is 0 Å². The topological polar surface area (TPSA) is 355 Å². The van der Waals surface area contributed by atoms with Crippen LogP contribution in [0.3, 0.4) is 0 Å². The molecule has 0 aromatic heterocycles. The van der Waals surface area contributed by atoms with Crippen LogP contribution in [0.1, 0.15) is 92.4 Å². The number of rotatable bonds is 16. The Morgan fingerprint density at radius 2 is 1.21 bits per heavy atom. The summed E-state index contributed by atoms with van der Waals surface area (Å²) in [4.78, 5) is 0. The van der Waals surface area contributed by atoms with Crippen molar-refractivity contribution >= 4 is 0 Å².